The molecule has 21 rings (SSSR count). The van der Waals surface area contributed by atoms with Gasteiger partial charge >= 0.3 is 310 Å². The first-order chi connectivity index (χ1) is 79.0. The standard InChI is InChI=1S/C18H15GeO.C18H15OSi.7C10H9NO.C7H6O2.7Al.2O/c20-19(16-10-4-1-5-11-16,17-12-6-2-7-13-17)18-14-8-3-9-15-18;19-20(16-10-4-1-5-11-16,17-12-6-2-7-13-17)18-14-8-3-9-15-18;7*1-7-5-6-8-3-2-4-9(12)10(8)11-7;8-7(9)6-4-2-1-3-5-6;;;;;;;;;/h2*1-15H;7*2-6,12H,1H3;1-5H,(H,8,9);;;;;;;;;/q2*-1;;;;;;;;;4*+1;3*+2;;/p-8/i;;2*1D3,4D;5*1D3;;;;;;;;;;. The Hall–Kier alpha value is -12.7. The van der Waals surface area contributed by atoms with E-state index in [-0.39, 0.29) is 74.5 Å². The quantitative estimate of drug-likeness (QED) is 0.0232. The van der Waals surface area contributed by atoms with Gasteiger partial charge in [0.05, 0.1) is 8.30 Å². The summed E-state index contributed by atoms with van der Waals surface area (Å²) in [7, 11) is -2.88. The summed E-state index contributed by atoms with van der Waals surface area (Å²) in [4.78, 5) is 41.8. The van der Waals surface area contributed by atoms with E-state index in [1.54, 1.807) is 127 Å². The molecular weight excluding hydrogens is 1950 g/mol. The summed E-state index contributed by atoms with van der Waals surface area (Å²) in [6.45, 7) is -16.3. The number of benzene rings is 14. The fourth-order valence-corrected chi connectivity index (χ4v) is 34.8. The Labute approximate surface area is 908 Å². The maximum absolute atomic E-state index is 11.9. The number of hydrogen-bond donors (Lipinski definition) is 0. The second-order valence-electron chi connectivity index (χ2n) is 30.8. The van der Waals surface area contributed by atoms with E-state index < -0.39 is 187 Å². The molecule has 7 aromatic heterocycles. The van der Waals surface area contributed by atoms with Gasteiger partial charge in [-0.2, -0.15) is 0 Å². The number of aromatic nitrogens is 7. The summed E-state index contributed by atoms with van der Waals surface area (Å²) in [5, 5.41) is 8.53. The van der Waals surface area contributed by atoms with E-state index in [1.807, 2.05) is 170 Å². The van der Waals surface area contributed by atoms with Crippen LogP contribution in [-0.2, 0) is 15.8 Å². The zero-order valence-corrected chi connectivity index (χ0v) is 86.4. The van der Waals surface area contributed by atoms with Crippen LogP contribution in [0.15, 0.2) is 425 Å². The van der Waals surface area contributed by atoms with Crippen LogP contribution in [0.4, 0.5) is 0 Å². The number of fused-ring (bicyclic) bond motifs is 7. The molecule has 0 aliphatic rings. The van der Waals surface area contributed by atoms with Crippen molar-refractivity contribution in [3.05, 3.63) is 470 Å². The normalized spacial score (nSPS) is 13.9. The van der Waals surface area contributed by atoms with Crippen LogP contribution in [0.3, 0.4) is 0 Å². The van der Waals surface area contributed by atoms with Crippen LogP contribution in [0.1, 0.15) is 81.7 Å². The average molecular weight is 2070 g/mol. The molecule has 14 aromatic carbocycles. The van der Waals surface area contributed by atoms with Gasteiger partial charge < -0.3 is 35.7 Å². The third kappa shape index (κ3) is 25.9. The van der Waals surface area contributed by atoms with Crippen LogP contribution in [0, 0.1) is 48.0 Å². The molecule has 0 bridgehead atoms. The number of rotatable bonds is 30. The van der Waals surface area contributed by atoms with Gasteiger partial charge in [-0.3, -0.25) is 0 Å². The van der Waals surface area contributed by atoms with Crippen molar-refractivity contribution in [2.75, 3.05) is 0 Å². The molecule has 0 aliphatic heterocycles. The number of pyridine rings is 7. The molecule has 0 spiro atoms. The molecule has 0 fully saturated rings. The van der Waals surface area contributed by atoms with Crippen molar-refractivity contribution in [2.45, 2.75) is 48.0 Å². The molecule has 7 heterocycles. The zero-order chi connectivity index (χ0) is 117. The van der Waals surface area contributed by atoms with Crippen LogP contribution < -0.4 is 55.3 Å². The van der Waals surface area contributed by atoms with Crippen molar-refractivity contribution in [3.8, 4) is 40.2 Å². The molecule has 142 heavy (non-hydrogen) atoms. The summed E-state index contributed by atoms with van der Waals surface area (Å²) in [5.74, 6) is 2.05. The maximum atomic E-state index is 11.9. The summed E-state index contributed by atoms with van der Waals surface area (Å²) >= 11 is -10.8. The molecule has 21 aromatic rings. The van der Waals surface area contributed by atoms with E-state index in [1.165, 1.54) is 55.7 Å². The minimum atomic E-state index is -3.58. The third-order valence-electron chi connectivity index (χ3n) is 21.8. The fourth-order valence-electron chi connectivity index (χ4n) is 15.2. The van der Waals surface area contributed by atoms with Crippen molar-refractivity contribution in [1.29, 1.82) is 0 Å². The van der Waals surface area contributed by atoms with Gasteiger partial charge in [0, 0.05) is 91.2 Å². The van der Waals surface area contributed by atoms with E-state index in [9.17, 15) is 4.79 Å². The Morgan fingerprint density at radius 3 is 0.775 bits per heavy atom. The second kappa shape index (κ2) is 50.3. The fraction of sp³-hybridized carbons (Fsp3) is 0.0619. The van der Waals surface area contributed by atoms with Crippen LogP contribution in [0.2, 0.25) is 0 Å². The Balaban J connectivity index is 0.000000139. The molecule has 0 unspecified atom stereocenters. The first-order valence-electron chi connectivity index (χ1n) is 55.5. The molecule has 0 saturated heterocycles. The number of nitrogens with zero attached hydrogens (tertiary/aromatic N) is 7. The predicted molar refractivity (Wildman–Crippen MR) is 574 cm³/mol. The molecule has 0 N–H and O–H groups in total. The third-order valence-corrected chi connectivity index (χ3v) is 42.0. The van der Waals surface area contributed by atoms with Crippen molar-refractivity contribution in [1.82, 2.24) is 34.9 Å². The molecule has 20 nitrogen and oxygen atoms in total. The molecule has 0 saturated carbocycles. The SMILES string of the molecule is [2H]C([2H])([2H])c1ccc2cccc([O][Al][O]C(=O)c3ccccc3)c2n1.[2H]C([2H])([2H])c1ccc2cccc([O][Al][O][Al][O]c3cccc4ccc(C([2H])([2H])[2H])nc34)c2n1.[2H]C([2H])([2H])c1ccc2cccc([O][Al][O][Ge]([c]3ccccc3)([c]3ccccc3)[c]3ccccc3)c2n1.[2H]C([2H])([2H])c1ccc2cccc([O][Al][O][Si](c3ccccc3)(c3ccccc3)c3ccccc3)c2n1.[2H]c1ccc2ccc(C([2H])([2H])[2H])nc2c1[O][Al][O][Al][O]c1c([2H])ccc2ccc(C([2H])([2H])[2H])nc12. The van der Waals surface area contributed by atoms with Gasteiger partial charge in [-0.05, 0) is 142 Å². The van der Waals surface area contributed by atoms with Gasteiger partial charge in [-0.25, -0.2) is 34.7 Å². The summed E-state index contributed by atoms with van der Waals surface area (Å²) < 4.78 is 250. The van der Waals surface area contributed by atoms with E-state index in [0.29, 0.717) is 72.7 Å². The minimum Gasteiger partial charge on any atom is -0.626 e. The van der Waals surface area contributed by atoms with Crippen molar-refractivity contribution in [3.63, 3.8) is 0 Å². The average Bonchev–Trinajstić information content (AvgIpc) is 0.753. The summed E-state index contributed by atoms with van der Waals surface area (Å²) in [5.41, 5.74) is 3.20. The second-order valence-corrected chi connectivity index (χ2v) is 48.5. The number of carbonyl (C=O) groups is 1. The first kappa shape index (κ1) is 75.2. The van der Waals surface area contributed by atoms with Crippen molar-refractivity contribution >= 4 is 244 Å². The zero-order valence-electron chi connectivity index (χ0n) is 98.2. The summed E-state index contributed by atoms with van der Waals surface area (Å²) in [6, 6.07) is 126. The Morgan fingerprint density at radius 2 is 0.486 bits per heavy atom. The van der Waals surface area contributed by atoms with E-state index in [2.05, 4.69) is 108 Å². The van der Waals surface area contributed by atoms with Gasteiger partial charge in [-0.15, -0.1) is 0 Å². The van der Waals surface area contributed by atoms with Crippen LogP contribution in [0.5, 0.6) is 40.2 Å². The number of aryl methyl sites for hydroxylation is 7. The van der Waals surface area contributed by atoms with E-state index in [4.69, 9.17) is 73.8 Å². The maximum Gasteiger partial charge on any atom is 0.763 e. The van der Waals surface area contributed by atoms with Gasteiger partial charge in [0.25, 0.3) is 8.32 Å². The molecule has 0 aliphatic carbocycles. The van der Waals surface area contributed by atoms with Crippen molar-refractivity contribution in [2.24, 2.45) is 0 Å². The van der Waals surface area contributed by atoms with E-state index >= 15 is 0 Å². The van der Waals surface area contributed by atoms with Gasteiger partial charge in [0.2, 0.25) is 0 Å². The molecule has 0 amide bonds. The van der Waals surface area contributed by atoms with Crippen LogP contribution >= 0.6 is 0 Å². The summed E-state index contributed by atoms with van der Waals surface area (Å²) in [6.07, 6.45) is 0. The van der Waals surface area contributed by atoms with Crippen molar-refractivity contribution < 1.29 is 78.6 Å². The van der Waals surface area contributed by atoms with Gasteiger partial charge in [0.1, 0.15) is 67.6 Å². The van der Waals surface area contributed by atoms with Gasteiger partial charge in [-0.1, -0.05) is 218 Å². The molecular formula is C113H91Al7GeN7O13Si. The van der Waals surface area contributed by atoms with Crippen LogP contribution in [-0.4, -0.2) is 174 Å². The Morgan fingerprint density at radius 1 is 0.246 bits per heavy atom. The van der Waals surface area contributed by atoms with E-state index in [0.717, 1.165) is 42.5 Å². The monoisotopic (exact) mass is 2070 g/mol. The first-order valence-corrected chi connectivity index (χ1v) is 56.5. The number of hydrogen-bond acceptors (Lipinski definition) is 20. The van der Waals surface area contributed by atoms with Gasteiger partial charge in [0.15, 0.2) is 0 Å². The predicted octanol–water partition coefficient (Wildman–Crippen LogP) is 19.5. The smallest absolute Gasteiger partial charge is 0.626 e. The topological polar surface area (TPSA) is 218 Å². The number of para-hydroxylation sites is 7. The molecule has 0 atom stereocenters. The molecule has 685 valence electrons. The number of carbonyl (C=O) groups excluding carboxylic acids is 1. The largest absolute Gasteiger partial charge is 0.763 e. The minimum absolute atomic E-state index is 0.00388. The Kier molecular flexibility index (Phi) is 26.7. The Bertz CT molecular complexity index is 8230. The van der Waals surface area contributed by atoms with Crippen LogP contribution in [0.25, 0.3) is 76.3 Å². The molecule has 29 heteroatoms. The molecule has 7 radical (unpaired) electrons.